The van der Waals surface area contributed by atoms with Gasteiger partial charge in [-0.15, -0.1) is 0 Å². The second-order valence-corrected chi connectivity index (χ2v) is 5.75. The monoisotopic (exact) mass is 230 g/mol. The SMILES string of the molecule is CCOC(C)(C)CNC(=O)[C@H](N)C(C)(C)C. The van der Waals surface area contributed by atoms with Gasteiger partial charge in [0.2, 0.25) is 5.91 Å². The summed E-state index contributed by atoms with van der Waals surface area (Å²) in [5.74, 6) is -0.125. The Bertz CT molecular complexity index is 232. The molecular weight excluding hydrogens is 204 g/mol. The molecule has 1 atom stereocenters. The van der Waals surface area contributed by atoms with Gasteiger partial charge in [-0.2, -0.15) is 0 Å². The highest BCUT2D eigenvalue weighted by molar-refractivity contribution is 5.82. The third kappa shape index (κ3) is 5.47. The summed E-state index contributed by atoms with van der Waals surface area (Å²) in [6, 6.07) is -0.495. The maximum atomic E-state index is 11.7. The molecule has 1 amide bonds. The van der Waals surface area contributed by atoms with Crippen LogP contribution >= 0.6 is 0 Å². The quantitative estimate of drug-likeness (QED) is 0.748. The first-order valence-corrected chi connectivity index (χ1v) is 5.77. The summed E-state index contributed by atoms with van der Waals surface area (Å²) in [7, 11) is 0. The molecule has 3 N–H and O–H groups in total. The van der Waals surface area contributed by atoms with Gasteiger partial charge in [0.05, 0.1) is 11.6 Å². The van der Waals surface area contributed by atoms with Crippen LogP contribution in [0.2, 0.25) is 0 Å². The van der Waals surface area contributed by atoms with Crippen LogP contribution in [0.3, 0.4) is 0 Å². The molecular formula is C12H26N2O2. The average Bonchev–Trinajstić information content (AvgIpc) is 2.11. The Kier molecular flexibility index (Phi) is 5.42. The minimum atomic E-state index is -0.495. The summed E-state index contributed by atoms with van der Waals surface area (Å²) in [6.45, 7) is 12.8. The summed E-state index contributed by atoms with van der Waals surface area (Å²) < 4.78 is 5.49. The molecule has 0 fully saturated rings. The molecule has 0 aliphatic rings. The van der Waals surface area contributed by atoms with Gasteiger partial charge in [0.1, 0.15) is 0 Å². The van der Waals surface area contributed by atoms with Gasteiger partial charge in [-0.25, -0.2) is 0 Å². The van der Waals surface area contributed by atoms with Crippen LogP contribution in [0.15, 0.2) is 0 Å². The van der Waals surface area contributed by atoms with E-state index in [-0.39, 0.29) is 16.9 Å². The average molecular weight is 230 g/mol. The fourth-order valence-corrected chi connectivity index (χ4v) is 1.24. The topological polar surface area (TPSA) is 64.3 Å². The minimum Gasteiger partial charge on any atom is -0.374 e. The highest BCUT2D eigenvalue weighted by Gasteiger charge is 2.28. The molecule has 0 saturated carbocycles. The third-order valence-corrected chi connectivity index (χ3v) is 2.44. The van der Waals surface area contributed by atoms with Gasteiger partial charge in [-0.05, 0) is 26.2 Å². The zero-order valence-corrected chi connectivity index (χ0v) is 11.4. The number of amides is 1. The number of ether oxygens (including phenoxy) is 1. The molecule has 16 heavy (non-hydrogen) atoms. The summed E-state index contributed by atoms with van der Waals surface area (Å²) in [6.07, 6.45) is 0. The molecule has 0 radical (unpaired) electrons. The third-order valence-electron chi connectivity index (χ3n) is 2.44. The van der Waals surface area contributed by atoms with E-state index in [0.29, 0.717) is 13.2 Å². The molecule has 96 valence electrons. The Morgan fingerprint density at radius 1 is 1.31 bits per heavy atom. The molecule has 0 spiro atoms. The van der Waals surface area contributed by atoms with Crippen LogP contribution in [-0.2, 0) is 9.53 Å². The summed E-state index contributed by atoms with van der Waals surface area (Å²) in [5, 5.41) is 2.83. The second-order valence-electron chi connectivity index (χ2n) is 5.75. The highest BCUT2D eigenvalue weighted by atomic mass is 16.5. The van der Waals surface area contributed by atoms with Crippen molar-refractivity contribution in [1.29, 1.82) is 0 Å². The summed E-state index contributed by atoms with van der Waals surface area (Å²) in [5.41, 5.74) is 5.28. The molecule has 0 aliphatic heterocycles. The van der Waals surface area contributed by atoms with Crippen molar-refractivity contribution in [1.82, 2.24) is 5.32 Å². The number of nitrogens with one attached hydrogen (secondary N) is 1. The lowest BCUT2D eigenvalue weighted by atomic mass is 9.87. The fraction of sp³-hybridized carbons (Fsp3) is 0.917. The van der Waals surface area contributed by atoms with Crippen molar-refractivity contribution in [2.75, 3.05) is 13.2 Å². The first-order valence-electron chi connectivity index (χ1n) is 5.77. The van der Waals surface area contributed by atoms with Gasteiger partial charge in [0.15, 0.2) is 0 Å². The van der Waals surface area contributed by atoms with Gasteiger partial charge >= 0.3 is 0 Å². The van der Waals surface area contributed by atoms with E-state index in [9.17, 15) is 4.79 Å². The number of rotatable bonds is 5. The minimum absolute atomic E-state index is 0.125. The van der Waals surface area contributed by atoms with Crippen LogP contribution in [0.1, 0.15) is 41.5 Å². The molecule has 0 rings (SSSR count). The fourth-order valence-electron chi connectivity index (χ4n) is 1.24. The Labute approximate surface area is 98.9 Å². The smallest absolute Gasteiger partial charge is 0.237 e. The maximum Gasteiger partial charge on any atom is 0.237 e. The summed E-state index contributed by atoms with van der Waals surface area (Å²) >= 11 is 0. The molecule has 0 heterocycles. The molecule has 0 aromatic heterocycles. The molecule has 0 bridgehead atoms. The van der Waals surface area contributed by atoms with Crippen molar-refractivity contribution in [3.8, 4) is 0 Å². The van der Waals surface area contributed by atoms with Gasteiger partial charge in [0.25, 0.3) is 0 Å². The van der Waals surface area contributed by atoms with Crippen LogP contribution in [0.5, 0.6) is 0 Å². The molecule has 4 heteroatoms. The van der Waals surface area contributed by atoms with Crippen molar-refractivity contribution in [3.63, 3.8) is 0 Å². The Balaban J connectivity index is 4.18. The lowest BCUT2D eigenvalue weighted by Crippen LogP contribution is -2.51. The van der Waals surface area contributed by atoms with Crippen LogP contribution in [0.25, 0.3) is 0 Å². The number of carbonyl (C=O) groups is 1. The lowest BCUT2D eigenvalue weighted by molar-refractivity contribution is -0.126. The number of nitrogens with two attached hydrogens (primary N) is 1. The van der Waals surface area contributed by atoms with Crippen molar-refractivity contribution in [2.45, 2.75) is 53.2 Å². The predicted molar refractivity (Wildman–Crippen MR) is 66.1 cm³/mol. The maximum absolute atomic E-state index is 11.7. The molecule has 0 unspecified atom stereocenters. The molecule has 0 aromatic rings. The van der Waals surface area contributed by atoms with E-state index in [1.807, 2.05) is 41.5 Å². The van der Waals surface area contributed by atoms with Gasteiger partial charge in [-0.3, -0.25) is 4.79 Å². The van der Waals surface area contributed by atoms with Crippen molar-refractivity contribution < 1.29 is 9.53 Å². The zero-order valence-electron chi connectivity index (χ0n) is 11.4. The molecule has 0 aromatic carbocycles. The number of hydrogen-bond donors (Lipinski definition) is 2. The van der Waals surface area contributed by atoms with Crippen LogP contribution in [0.4, 0.5) is 0 Å². The van der Waals surface area contributed by atoms with E-state index in [4.69, 9.17) is 10.5 Å². The van der Waals surface area contributed by atoms with E-state index < -0.39 is 6.04 Å². The van der Waals surface area contributed by atoms with Crippen LogP contribution in [0, 0.1) is 5.41 Å². The standard InChI is InChI=1S/C12H26N2O2/c1-7-16-12(5,6)8-14-10(15)9(13)11(2,3)4/h9H,7-8,13H2,1-6H3,(H,14,15)/t9-/m0/s1. The van der Waals surface area contributed by atoms with Crippen LogP contribution in [-0.4, -0.2) is 30.7 Å². The largest absolute Gasteiger partial charge is 0.374 e. The van der Waals surface area contributed by atoms with E-state index in [2.05, 4.69) is 5.32 Å². The Morgan fingerprint density at radius 3 is 2.19 bits per heavy atom. The lowest BCUT2D eigenvalue weighted by Gasteiger charge is -2.29. The van der Waals surface area contributed by atoms with Gasteiger partial charge in [-0.1, -0.05) is 20.8 Å². The van der Waals surface area contributed by atoms with Gasteiger partial charge < -0.3 is 15.8 Å². The van der Waals surface area contributed by atoms with Crippen molar-refractivity contribution >= 4 is 5.91 Å². The Hall–Kier alpha value is -0.610. The van der Waals surface area contributed by atoms with E-state index in [0.717, 1.165) is 0 Å². The van der Waals surface area contributed by atoms with Crippen molar-refractivity contribution in [3.05, 3.63) is 0 Å². The van der Waals surface area contributed by atoms with Crippen LogP contribution < -0.4 is 11.1 Å². The first kappa shape index (κ1) is 15.4. The van der Waals surface area contributed by atoms with Gasteiger partial charge in [0, 0.05) is 13.2 Å². The Morgan fingerprint density at radius 2 is 1.81 bits per heavy atom. The molecule has 0 saturated heterocycles. The normalized spacial score (nSPS) is 14.7. The molecule has 0 aliphatic carbocycles. The van der Waals surface area contributed by atoms with Crippen molar-refractivity contribution in [2.24, 2.45) is 11.1 Å². The van der Waals surface area contributed by atoms with E-state index in [1.165, 1.54) is 0 Å². The number of carbonyl (C=O) groups excluding carboxylic acids is 1. The van der Waals surface area contributed by atoms with E-state index in [1.54, 1.807) is 0 Å². The number of hydrogen-bond acceptors (Lipinski definition) is 3. The predicted octanol–water partition coefficient (Wildman–Crippen LogP) is 1.29. The van der Waals surface area contributed by atoms with E-state index >= 15 is 0 Å². The summed E-state index contributed by atoms with van der Waals surface area (Å²) in [4.78, 5) is 11.7. The first-order chi connectivity index (χ1) is 7.10. The zero-order chi connectivity index (χ0) is 13.0. The molecule has 4 nitrogen and oxygen atoms in total. The highest BCUT2D eigenvalue weighted by Crippen LogP contribution is 2.17. The second kappa shape index (κ2) is 5.64.